The first-order valence-electron chi connectivity index (χ1n) is 9.56. The third kappa shape index (κ3) is 4.43. The van der Waals surface area contributed by atoms with Crippen molar-refractivity contribution in [2.24, 2.45) is 0 Å². The topological polar surface area (TPSA) is 32.7 Å². The van der Waals surface area contributed by atoms with Gasteiger partial charge in [0.05, 0.1) is 0 Å². The lowest BCUT2D eigenvalue weighted by Crippen LogP contribution is -2.33. The minimum absolute atomic E-state index is 0.301. The van der Waals surface area contributed by atoms with Crippen LogP contribution >= 0.6 is 0 Å². The second-order valence-electron chi connectivity index (χ2n) is 7.00. The molecular weight excluding hydrogens is 329 g/mol. The van der Waals surface area contributed by atoms with E-state index in [4.69, 9.17) is 4.74 Å². The Balaban J connectivity index is 1.62. The predicted molar refractivity (Wildman–Crippen MR) is 102 cm³/mol. The minimum Gasteiger partial charge on any atom is -0.492 e. The third-order valence-electron chi connectivity index (χ3n) is 5.29. The third-order valence-corrected chi connectivity index (χ3v) is 5.29. The van der Waals surface area contributed by atoms with Crippen LogP contribution in [0, 0.1) is 5.82 Å². The van der Waals surface area contributed by atoms with Gasteiger partial charge in [0.25, 0.3) is 0 Å². The van der Waals surface area contributed by atoms with Crippen molar-refractivity contribution in [3.63, 3.8) is 0 Å². The van der Waals surface area contributed by atoms with Gasteiger partial charge in [-0.05, 0) is 67.7 Å². The van der Waals surface area contributed by atoms with Crippen LogP contribution in [0.15, 0.2) is 48.5 Å². The highest BCUT2D eigenvalue weighted by Crippen LogP contribution is 2.33. The summed E-state index contributed by atoms with van der Waals surface area (Å²) in [5.41, 5.74) is 0.357. The number of hydrogen-bond donors (Lipinski definition) is 1. The van der Waals surface area contributed by atoms with Crippen molar-refractivity contribution >= 4 is 0 Å². The number of likely N-dealkylation sites (tertiary alicyclic amines) is 1. The lowest BCUT2D eigenvalue weighted by Gasteiger charge is -2.28. The average Bonchev–Trinajstić information content (AvgIpc) is 2.69. The molecule has 0 spiro atoms. The predicted octanol–water partition coefficient (Wildman–Crippen LogP) is 4.34. The molecule has 26 heavy (non-hydrogen) atoms. The van der Waals surface area contributed by atoms with E-state index < -0.39 is 5.60 Å². The van der Waals surface area contributed by atoms with E-state index in [0.717, 1.165) is 17.9 Å². The quantitative estimate of drug-likeness (QED) is 0.800. The number of benzene rings is 2. The number of hydrogen-bond acceptors (Lipinski definition) is 3. The van der Waals surface area contributed by atoms with Gasteiger partial charge >= 0.3 is 0 Å². The zero-order chi connectivity index (χ0) is 18.4. The van der Waals surface area contributed by atoms with E-state index in [2.05, 4.69) is 4.90 Å². The summed E-state index contributed by atoms with van der Waals surface area (Å²) in [5, 5.41) is 11.1. The second-order valence-corrected chi connectivity index (χ2v) is 7.00. The van der Waals surface area contributed by atoms with Crippen LogP contribution in [0.3, 0.4) is 0 Å². The zero-order valence-electron chi connectivity index (χ0n) is 15.5. The number of piperidine rings is 1. The molecule has 4 heteroatoms. The molecule has 0 aromatic heterocycles. The summed E-state index contributed by atoms with van der Waals surface area (Å²) in [7, 11) is 0. The van der Waals surface area contributed by atoms with Crippen molar-refractivity contribution in [3.05, 3.63) is 65.5 Å². The maximum atomic E-state index is 13.2. The van der Waals surface area contributed by atoms with Crippen LogP contribution in [-0.4, -0.2) is 36.2 Å². The minimum atomic E-state index is -1.12. The van der Waals surface area contributed by atoms with Crippen molar-refractivity contribution < 1.29 is 14.2 Å². The monoisotopic (exact) mass is 357 g/mol. The number of ether oxygens (including phenoxy) is 1. The lowest BCUT2D eigenvalue weighted by molar-refractivity contribution is 0.0764. The smallest absolute Gasteiger partial charge is 0.123 e. The highest BCUT2D eigenvalue weighted by molar-refractivity contribution is 5.38. The molecule has 0 saturated carbocycles. The summed E-state index contributed by atoms with van der Waals surface area (Å²) in [6, 6.07) is 13.6. The molecular formula is C22H28FNO2. The molecule has 1 saturated heterocycles. The molecule has 3 nitrogen and oxygen atoms in total. The Hall–Kier alpha value is -1.91. The van der Waals surface area contributed by atoms with E-state index in [1.54, 1.807) is 12.1 Å². The molecule has 2 aromatic carbocycles. The van der Waals surface area contributed by atoms with Gasteiger partial charge in [-0.15, -0.1) is 0 Å². The van der Waals surface area contributed by atoms with E-state index in [0.29, 0.717) is 18.6 Å². The molecule has 1 aliphatic heterocycles. The molecule has 1 fully saturated rings. The van der Waals surface area contributed by atoms with Crippen LogP contribution in [0.5, 0.6) is 5.75 Å². The molecule has 1 unspecified atom stereocenters. The van der Waals surface area contributed by atoms with Gasteiger partial charge < -0.3 is 9.84 Å². The highest BCUT2D eigenvalue weighted by atomic mass is 19.1. The molecule has 1 aliphatic rings. The largest absolute Gasteiger partial charge is 0.492 e. The Kier molecular flexibility index (Phi) is 6.28. The van der Waals surface area contributed by atoms with E-state index in [9.17, 15) is 9.50 Å². The second kappa shape index (κ2) is 8.65. The highest BCUT2D eigenvalue weighted by Gasteiger charge is 2.29. The van der Waals surface area contributed by atoms with Gasteiger partial charge in [-0.1, -0.05) is 37.6 Å². The van der Waals surface area contributed by atoms with Gasteiger partial charge in [-0.3, -0.25) is 4.90 Å². The van der Waals surface area contributed by atoms with E-state index >= 15 is 0 Å². The summed E-state index contributed by atoms with van der Waals surface area (Å²) >= 11 is 0. The van der Waals surface area contributed by atoms with Crippen LogP contribution in [0.1, 0.15) is 43.7 Å². The Morgan fingerprint density at radius 3 is 2.12 bits per heavy atom. The van der Waals surface area contributed by atoms with Gasteiger partial charge in [0.15, 0.2) is 0 Å². The first-order chi connectivity index (χ1) is 12.6. The molecule has 1 heterocycles. The van der Waals surface area contributed by atoms with Crippen molar-refractivity contribution in [3.8, 4) is 5.75 Å². The maximum absolute atomic E-state index is 13.2. The fourth-order valence-corrected chi connectivity index (χ4v) is 3.60. The van der Waals surface area contributed by atoms with Gasteiger partial charge in [-0.2, -0.15) is 0 Å². The standard InChI is InChI=1S/C22H28FNO2/c1-2-22(25,18-6-10-20(23)11-7-18)19-8-12-21(13-9-19)26-17-16-24-14-4-3-5-15-24/h6-13,25H,2-5,14-17H2,1H3. The Labute approximate surface area is 155 Å². The first-order valence-corrected chi connectivity index (χ1v) is 9.56. The fraction of sp³-hybridized carbons (Fsp3) is 0.455. The average molecular weight is 357 g/mol. The summed E-state index contributed by atoms with van der Waals surface area (Å²) in [4.78, 5) is 2.45. The van der Waals surface area contributed by atoms with Gasteiger partial charge in [0.2, 0.25) is 0 Å². The number of nitrogens with zero attached hydrogens (tertiary/aromatic N) is 1. The lowest BCUT2D eigenvalue weighted by atomic mass is 9.84. The van der Waals surface area contributed by atoms with E-state index in [-0.39, 0.29) is 5.82 Å². The van der Waals surface area contributed by atoms with E-state index in [1.165, 1.54) is 44.5 Å². The molecule has 0 bridgehead atoms. The van der Waals surface area contributed by atoms with Gasteiger partial charge in [0, 0.05) is 6.54 Å². The fourth-order valence-electron chi connectivity index (χ4n) is 3.60. The Morgan fingerprint density at radius 1 is 0.962 bits per heavy atom. The zero-order valence-corrected chi connectivity index (χ0v) is 15.5. The van der Waals surface area contributed by atoms with Gasteiger partial charge in [0.1, 0.15) is 23.8 Å². The first kappa shape index (κ1) is 18.9. The van der Waals surface area contributed by atoms with Crippen LogP contribution in [0.2, 0.25) is 0 Å². The van der Waals surface area contributed by atoms with Crippen LogP contribution < -0.4 is 4.74 Å². The van der Waals surface area contributed by atoms with E-state index in [1.807, 2.05) is 31.2 Å². The molecule has 0 aliphatic carbocycles. The number of halogens is 1. The summed E-state index contributed by atoms with van der Waals surface area (Å²) in [5.74, 6) is 0.507. The Morgan fingerprint density at radius 2 is 1.54 bits per heavy atom. The SMILES string of the molecule is CCC(O)(c1ccc(F)cc1)c1ccc(OCCN2CCCCC2)cc1. The van der Waals surface area contributed by atoms with Crippen LogP contribution in [-0.2, 0) is 5.60 Å². The molecule has 140 valence electrons. The Bertz CT molecular complexity index is 680. The van der Waals surface area contributed by atoms with Crippen LogP contribution in [0.4, 0.5) is 4.39 Å². The molecule has 0 radical (unpaired) electrons. The molecule has 1 atom stereocenters. The summed E-state index contributed by atoms with van der Waals surface area (Å²) < 4.78 is 19.0. The summed E-state index contributed by atoms with van der Waals surface area (Å²) in [6.07, 6.45) is 4.42. The molecule has 3 rings (SSSR count). The van der Waals surface area contributed by atoms with Crippen molar-refractivity contribution in [1.29, 1.82) is 0 Å². The summed E-state index contributed by atoms with van der Waals surface area (Å²) in [6.45, 7) is 5.89. The van der Waals surface area contributed by atoms with Gasteiger partial charge in [-0.25, -0.2) is 4.39 Å². The van der Waals surface area contributed by atoms with Crippen molar-refractivity contribution in [2.75, 3.05) is 26.2 Å². The van der Waals surface area contributed by atoms with Crippen LogP contribution in [0.25, 0.3) is 0 Å². The van der Waals surface area contributed by atoms with Crippen molar-refractivity contribution in [1.82, 2.24) is 4.90 Å². The number of aliphatic hydroxyl groups is 1. The number of rotatable bonds is 7. The van der Waals surface area contributed by atoms with Crippen molar-refractivity contribution in [2.45, 2.75) is 38.2 Å². The normalized spacial score (nSPS) is 17.7. The molecule has 2 aromatic rings. The molecule has 1 N–H and O–H groups in total. The maximum Gasteiger partial charge on any atom is 0.123 e. The molecule has 0 amide bonds.